The summed E-state index contributed by atoms with van der Waals surface area (Å²) in [6.45, 7) is 1.47. The first-order chi connectivity index (χ1) is 16.7. The maximum absolute atomic E-state index is 11.4. The van der Waals surface area contributed by atoms with Gasteiger partial charge in [-0.1, -0.05) is 42.5 Å². The van der Waals surface area contributed by atoms with E-state index in [9.17, 15) is 9.90 Å². The van der Waals surface area contributed by atoms with Crippen LogP contribution >= 0.6 is 0 Å². The van der Waals surface area contributed by atoms with Crippen LogP contribution in [0.1, 0.15) is 69.8 Å². The molecule has 4 unspecified atom stereocenters. The Bertz CT molecular complexity index is 741. The monoisotopic (exact) mass is 472 g/mol. The quantitative estimate of drug-likeness (QED) is 0.462. The minimum atomic E-state index is -0.523. The van der Waals surface area contributed by atoms with E-state index in [0.717, 1.165) is 76.4 Å². The number of aliphatic hydroxyl groups excluding tert-OH is 1. The highest BCUT2D eigenvalue weighted by atomic mass is 16.7. The number of benzene rings is 1. The fourth-order valence-electron chi connectivity index (χ4n) is 5.52. The van der Waals surface area contributed by atoms with Crippen LogP contribution in [0.15, 0.2) is 36.4 Å². The molecule has 1 aromatic rings. The van der Waals surface area contributed by atoms with Crippen LogP contribution in [0.3, 0.4) is 0 Å². The van der Waals surface area contributed by atoms with E-state index >= 15 is 0 Å². The molecule has 3 fully saturated rings. The Morgan fingerprint density at radius 3 is 2.41 bits per heavy atom. The van der Waals surface area contributed by atoms with Gasteiger partial charge < -0.3 is 28.8 Å². The lowest BCUT2D eigenvalue weighted by atomic mass is 9.86. The molecular weight excluding hydrogens is 432 g/mol. The second-order valence-corrected chi connectivity index (χ2v) is 9.82. The third kappa shape index (κ3) is 7.46. The molecule has 0 spiro atoms. The van der Waals surface area contributed by atoms with Crippen LogP contribution in [-0.4, -0.2) is 55.5 Å². The summed E-state index contributed by atoms with van der Waals surface area (Å²) in [6, 6.07) is 10.2. The molecule has 1 aromatic carbocycles. The molecule has 4 rings (SSSR count). The van der Waals surface area contributed by atoms with E-state index in [4.69, 9.17) is 18.9 Å². The molecule has 6 nitrogen and oxygen atoms in total. The van der Waals surface area contributed by atoms with E-state index in [1.165, 1.54) is 0 Å². The topological polar surface area (TPSA) is 74.2 Å². The fraction of sp³-hybridized carbons (Fsp3) is 0.679. The third-order valence-corrected chi connectivity index (χ3v) is 7.38. The van der Waals surface area contributed by atoms with Crippen LogP contribution in [0.2, 0.25) is 0 Å². The Morgan fingerprint density at radius 2 is 1.74 bits per heavy atom. The lowest BCUT2D eigenvalue weighted by Crippen LogP contribution is -2.32. The molecule has 188 valence electrons. The summed E-state index contributed by atoms with van der Waals surface area (Å²) in [5.74, 6) is 0.00463. The second-order valence-electron chi connectivity index (χ2n) is 9.82. The summed E-state index contributed by atoms with van der Waals surface area (Å²) in [6.07, 6.45) is 12.7. The first-order valence-electron chi connectivity index (χ1n) is 13.1. The summed E-state index contributed by atoms with van der Waals surface area (Å²) in [5, 5.41) is 10.7. The summed E-state index contributed by atoms with van der Waals surface area (Å²) in [4.78, 5) is 11.4. The normalized spacial score (nSPS) is 33.2. The maximum Gasteiger partial charge on any atom is 0.158 e. The van der Waals surface area contributed by atoms with Gasteiger partial charge in [0, 0.05) is 26.1 Å². The highest BCUT2D eigenvalue weighted by Gasteiger charge is 2.44. The predicted molar refractivity (Wildman–Crippen MR) is 130 cm³/mol. The Labute approximate surface area is 203 Å². The molecule has 2 heterocycles. The van der Waals surface area contributed by atoms with E-state index in [0.29, 0.717) is 12.8 Å². The highest BCUT2D eigenvalue weighted by Crippen LogP contribution is 2.41. The smallest absolute Gasteiger partial charge is 0.158 e. The second kappa shape index (κ2) is 13.5. The number of hydrogen-bond acceptors (Lipinski definition) is 6. The lowest BCUT2D eigenvalue weighted by molar-refractivity contribution is -0.198. The molecule has 6 heteroatoms. The van der Waals surface area contributed by atoms with Gasteiger partial charge in [-0.25, -0.2) is 0 Å². The maximum atomic E-state index is 11.4. The first-order valence-corrected chi connectivity index (χ1v) is 13.1. The summed E-state index contributed by atoms with van der Waals surface area (Å²) in [5.41, 5.74) is 1.13. The van der Waals surface area contributed by atoms with Crippen LogP contribution in [0.4, 0.5) is 0 Å². The number of carbonyl (C=O) groups excluding carboxylic acids is 1. The summed E-state index contributed by atoms with van der Waals surface area (Å²) < 4.78 is 24.4. The standard InChI is InChI=1S/C28H40O6/c29-17-16-23-24(26(20-25(23)30)34-28-11-5-7-19-32-28)15-14-22(33-27-10-4-6-18-31-27)13-12-21-8-2-1-3-9-21/h1-3,8-9,12-13,17,22-28,30H,4-7,10-11,14-16,18-20H2/t22?,23-,24-,25?,26-,27?,28?/m1/s1. The van der Waals surface area contributed by atoms with Crippen molar-refractivity contribution >= 4 is 12.4 Å². The van der Waals surface area contributed by atoms with E-state index in [1.54, 1.807) is 0 Å². The molecule has 3 aliphatic rings. The van der Waals surface area contributed by atoms with Crippen molar-refractivity contribution in [2.45, 2.75) is 95.1 Å². The Hall–Kier alpha value is -1.57. The van der Waals surface area contributed by atoms with Gasteiger partial charge in [0.15, 0.2) is 12.6 Å². The van der Waals surface area contributed by atoms with Crippen molar-refractivity contribution in [1.82, 2.24) is 0 Å². The predicted octanol–water partition coefficient (Wildman–Crippen LogP) is 4.89. The number of aldehydes is 1. The fourth-order valence-corrected chi connectivity index (χ4v) is 5.52. The Balaban J connectivity index is 1.42. The Kier molecular flexibility index (Phi) is 10.1. The van der Waals surface area contributed by atoms with Crippen LogP contribution in [0.25, 0.3) is 6.08 Å². The molecule has 2 saturated heterocycles. The molecule has 0 radical (unpaired) electrons. The van der Waals surface area contributed by atoms with Gasteiger partial charge in [-0.05, 0) is 68.8 Å². The first kappa shape index (κ1) is 25.5. The van der Waals surface area contributed by atoms with E-state index in [2.05, 4.69) is 24.3 Å². The van der Waals surface area contributed by atoms with Gasteiger partial charge in [0.25, 0.3) is 0 Å². The van der Waals surface area contributed by atoms with Crippen molar-refractivity contribution in [3.05, 3.63) is 42.0 Å². The molecule has 1 N–H and O–H groups in total. The van der Waals surface area contributed by atoms with Crippen molar-refractivity contribution in [1.29, 1.82) is 0 Å². The molecule has 0 bridgehead atoms. The Morgan fingerprint density at radius 1 is 1.00 bits per heavy atom. The number of aliphatic hydroxyl groups is 1. The SMILES string of the molecule is O=CC[C@H]1C(O)C[C@@H](OC2CCCCO2)[C@@H]1CCC(C=Cc1ccccc1)OC1CCCCO1. The molecular formula is C28H40O6. The highest BCUT2D eigenvalue weighted by molar-refractivity contribution is 5.50. The van der Waals surface area contributed by atoms with Crippen molar-refractivity contribution < 1.29 is 28.8 Å². The van der Waals surface area contributed by atoms with Crippen molar-refractivity contribution in [3.63, 3.8) is 0 Å². The van der Waals surface area contributed by atoms with Crippen LogP contribution in [-0.2, 0) is 23.7 Å². The van der Waals surface area contributed by atoms with E-state index in [-0.39, 0.29) is 36.6 Å². The number of rotatable bonds is 11. The third-order valence-electron chi connectivity index (χ3n) is 7.38. The lowest BCUT2D eigenvalue weighted by Gasteiger charge is -2.31. The molecule has 34 heavy (non-hydrogen) atoms. The van der Waals surface area contributed by atoms with Crippen LogP contribution in [0.5, 0.6) is 0 Å². The molecule has 7 atom stereocenters. The largest absolute Gasteiger partial charge is 0.393 e. The van der Waals surface area contributed by atoms with Gasteiger partial charge in [-0.2, -0.15) is 0 Å². The number of hydrogen-bond donors (Lipinski definition) is 1. The molecule has 0 amide bonds. The van der Waals surface area contributed by atoms with Crippen LogP contribution < -0.4 is 0 Å². The zero-order valence-corrected chi connectivity index (χ0v) is 20.1. The summed E-state index contributed by atoms with van der Waals surface area (Å²) in [7, 11) is 0. The zero-order valence-electron chi connectivity index (χ0n) is 20.1. The van der Waals surface area contributed by atoms with Gasteiger partial charge >= 0.3 is 0 Å². The minimum absolute atomic E-state index is 0.0872. The van der Waals surface area contributed by atoms with Gasteiger partial charge in [0.1, 0.15) is 6.29 Å². The summed E-state index contributed by atoms with van der Waals surface area (Å²) >= 11 is 0. The molecule has 2 aliphatic heterocycles. The minimum Gasteiger partial charge on any atom is -0.393 e. The average Bonchev–Trinajstić information content (AvgIpc) is 3.16. The van der Waals surface area contributed by atoms with Gasteiger partial charge in [-0.3, -0.25) is 0 Å². The van der Waals surface area contributed by atoms with Gasteiger partial charge in [0.05, 0.1) is 18.3 Å². The van der Waals surface area contributed by atoms with Crippen molar-refractivity contribution in [2.75, 3.05) is 13.2 Å². The van der Waals surface area contributed by atoms with E-state index < -0.39 is 6.10 Å². The molecule has 1 aliphatic carbocycles. The number of carbonyl (C=O) groups is 1. The van der Waals surface area contributed by atoms with Gasteiger partial charge in [0.2, 0.25) is 0 Å². The van der Waals surface area contributed by atoms with Crippen molar-refractivity contribution in [3.8, 4) is 0 Å². The molecule has 1 saturated carbocycles. The van der Waals surface area contributed by atoms with Crippen LogP contribution in [0, 0.1) is 11.8 Å². The molecule has 0 aromatic heterocycles. The van der Waals surface area contributed by atoms with Gasteiger partial charge in [-0.15, -0.1) is 0 Å². The van der Waals surface area contributed by atoms with Crippen molar-refractivity contribution in [2.24, 2.45) is 11.8 Å². The average molecular weight is 473 g/mol. The number of ether oxygens (including phenoxy) is 4. The zero-order chi connectivity index (χ0) is 23.6. The van der Waals surface area contributed by atoms with E-state index in [1.807, 2.05) is 18.2 Å².